The standard InChI is InChI=1S/C7H15NO5/c1-8(2,3)5-7(11,13-12)4-6(9)10/h11H,4-5H2,1-3H3,(H-,9,10,12)/p+1. The Morgan fingerprint density at radius 1 is 1.46 bits per heavy atom. The first-order valence-electron chi connectivity index (χ1n) is 3.76. The summed E-state index contributed by atoms with van der Waals surface area (Å²) in [6, 6.07) is 0. The molecule has 0 aliphatic heterocycles. The van der Waals surface area contributed by atoms with Crippen LogP contribution in [-0.4, -0.2) is 59.4 Å². The average Bonchev–Trinajstić information content (AvgIpc) is 1.81. The summed E-state index contributed by atoms with van der Waals surface area (Å²) in [4.78, 5) is 14.1. The maximum absolute atomic E-state index is 10.3. The number of rotatable bonds is 5. The van der Waals surface area contributed by atoms with E-state index in [1.807, 2.05) is 0 Å². The topological polar surface area (TPSA) is 87.0 Å². The molecule has 0 aliphatic carbocycles. The summed E-state index contributed by atoms with van der Waals surface area (Å²) in [5, 5.41) is 26.3. The number of hydrogen-bond donors (Lipinski definition) is 3. The Hall–Kier alpha value is -0.690. The molecule has 0 heterocycles. The number of carboxylic acid groups (broad SMARTS) is 1. The van der Waals surface area contributed by atoms with E-state index in [-0.39, 0.29) is 11.0 Å². The lowest BCUT2D eigenvalue weighted by molar-refractivity contribution is -0.883. The second-order valence-corrected chi connectivity index (χ2v) is 4.06. The van der Waals surface area contributed by atoms with Crippen molar-refractivity contribution in [3.8, 4) is 0 Å². The van der Waals surface area contributed by atoms with Crippen LogP contribution in [0.1, 0.15) is 6.42 Å². The molecule has 6 nitrogen and oxygen atoms in total. The molecule has 1 unspecified atom stereocenters. The molecule has 0 saturated heterocycles. The van der Waals surface area contributed by atoms with Gasteiger partial charge in [0, 0.05) is 0 Å². The molecule has 78 valence electrons. The van der Waals surface area contributed by atoms with Gasteiger partial charge >= 0.3 is 5.97 Å². The molecule has 0 saturated carbocycles. The van der Waals surface area contributed by atoms with Gasteiger partial charge in [-0.2, -0.15) is 4.89 Å². The van der Waals surface area contributed by atoms with E-state index in [4.69, 9.17) is 10.4 Å². The Bertz CT molecular complexity index is 188. The fourth-order valence-electron chi connectivity index (χ4n) is 1.09. The number of carbonyl (C=O) groups is 1. The van der Waals surface area contributed by atoms with Crippen molar-refractivity contribution in [3.05, 3.63) is 0 Å². The van der Waals surface area contributed by atoms with Gasteiger partial charge in [0.15, 0.2) is 0 Å². The minimum Gasteiger partial charge on any atom is -0.481 e. The van der Waals surface area contributed by atoms with Crippen LogP contribution >= 0.6 is 0 Å². The number of nitrogens with zero attached hydrogens (tertiary/aromatic N) is 1. The van der Waals surface area contributed by atoms with Gasteiger partial charge in [0.25, 0.3) is 5.79 Å². The number of aliphatic hydroxyl groups is 1. The summed E-state index contributed by atoms with van der Waals surface area (Å²) >= 11 is 0. The Labute approximate surface area is 76.5 Å². The average molecular weight is 194 g/mol. The van der Waals surface area contributed by atoms with Gasteiger partial charge < -0.3 is 14.7 Å². The van der Waals surface area contributed by atoms with Gasteiger partial charge in [-0.15, -0.1) is 0 Å². The van der Waals surface area contributed by atoms with Crippen molar-refractivity contribution in [3.63, 3.8) is 0 Å². The highest BCUT2D eigenvalue weighted by Crippen LogP contribution is 2.14. The second kappa shape index (κ2) is 4.01. The lowest BCUT2D eigenvalue weighted by Gasteiger charge is -2.31. The smallest absolute Gasteiger partial charge is 0.309 e. The number of likely N-dealkylation sites (N-methyl/N-ethyl adjacent to an activating group) is 1. The van der Waals surface area contributed by atoms with Crippen LogP contribution in [0.4, 0.5) is 0 Å². The SMILES string of the molecule is C[N+](C)(C)CC(O)(CC(=O)O)OO. The predicted octanol–water partition coefficient (Wildman–Crippen LogP) is -0.654. The van der Waals surface area contributed by atoms with E-state index in [2.05, 4.69) is 4.89 Å². The van der Waals surface area contributed by atoms with E-state index in [1.165, 1.54) is 0 Å². The normalized spacial score (nSPS) is 16.7. The summed E-state index contributed by atoms with van der Waals surface area (Å²) in [5.41, 5.74) is 0. The van der Waals surface area contributed by atoms with Gasteiger partial charge in [0.1, 0.15) is 13.0 Å². The molecule has 1 atom stereocenters. The molecule has 0 rings (SSSR count). The Morgan fingerprint density at radius 2 is 1.92 bits per heavy atom. The minimum absolute atomic E-state index is 0.0181. The zero-order valence-corrected chi connectivity index (χ0v) is 8.02. The second-order valence-electron chi connectivity index (χ2n) is 4.06. The third-order valence-electron chi connectivity index (χ3n) is 1.32. The van der Waals surface area contributed by atoms with E-state index in [1.54, 1.807) is 21.1 Å². The molecule has 0 bridgehead atoms. The van der Waals surface area contributed by atoms with Gasteiger partial charge in [-0.1, -0.05) is 0 Å². The van der Waals surface area contributed by atoms with Crippen molar-refractivity contribution in [2.24, 2.45) is 0 Å². The lowest BCUT2D eigenvalue weighted by atomic mass is 10.2. The van der Waals surface area contributed by atoms with Crippen molar-refractivity contribution >= 4 is 5.97 Å². The third kappa shape index (κ3) is 5.53. The number of quaternary nitrogens is 1. The largest absolute Gasteiger partial charge is 0.481 e. The number of aliphatic carboxylic acids is 1. The first-order chi connectivity index (χ1) is 5.68. The minimum atomic E-state index is -2.02. The molecular weight excluding hydrogens is 178 g/mol. The summed E-state index contributed by atoms with van der Waals surface area (Å²) in [6.45, 7) is -0.0181. The monoisotopic (exact) mass is 194 g/mol. The number of carboxylic acids is 1. The van der Waals surface area contributed by atoms with Crippen LogP contribution in [0, 0.1) is 0 Å². The van der Waals surface area contributed by atoms with Crippen LogP contribution in [0.3, 0.4) is 0 Å². The molecule has 0 aliphatic rings. The molecule has 0 aromatic carbocycles. The maximum Gasteiger partial charge on any atom is 0.309 e. The third-order valence-corrected chi connectivity index (χ3v) is 1.32. The van der Waals surface area contributed by atoms with Crippen LogP contribution in [-0.2, 0) is 9.68 Å². The van der Waals surface area contributed by atoms with E-state index >= 15 is 0 Å². The quantitative estimate of drug-likeness (QED) is 0.234. The van der Waals surface area contributed by atoms with E-state index in [0.717, 1.165) is 0 Å². The first-order valence-corrected chi connectivity index (χ1v) is 3.76. The van der Waals surface area contributed by atoms with Crippen LogP contribution in [0.2, 0.25) is 0 Å². The van der Waals surface area contributed by atoms with Gasteiger partial charge in [-0.3, -0.25) is 4.79 Å². The fraction of sp³-hybridized carbons (Fsp3) is 0.857. The molecular formula is C7H16NO5+. The fourth-order valence-corrected chi connectivity index (χ4v) is 1.09. The van der Waals surface area contributed by atoms with Gasteiger partial charge in [0.2, 0.25) is 0 Å². The van der Waals surface area contributed by atoms with Crippen molar-refractivity contribution in [1.82, 2.24) is 0 Å². The molecule has 6 heteroatoms. The predicted molar refractivity (Wildman–Crippen MR) is 43.8 cm³/mol. The van der Waals surface area contributed by atoms with E-state index in [0.29, 0.717) is 0 Å². The van der Waals surface area contributed by atoms with Crippen molar-refractivity contribution < 1.29 is 29.6 Å². The van der Waals surface area contributed by atoms with Crippen LogP contribution in [0.25, 0.3) is 0 Å². The van der Waals surface area contributed by atoms with Crippen molar-refractivity contribution in [2.75, 3.05) is 27.7 Å². The summed E-state index contributed by atoms with van der Waals surface area (Å²) in [5.74, 6) is -3.26. The van der Waals surface area contributed by atoms with Gasteiger partial charge in [-0.05, 0) is 0 Å². The maximum atomic E-state index is 10.3. The number of hydrogen-bond acceptors (Lipinski definition) is 4. The Morgan fingerprint density at radius 3 is 2.15 bits per heavy atom. The molecule has 3 N–H and O–H groups in total. The molecule has 0 aromatic heterocycles. The summed E-state index contributed by atoms with van der Waals surface area (Å²) in [6.07, 6.45) is -0.654. The molecule has 0 radical (unpaired) electrons. The molecule has 13 heavy (non-hydrogen) atoms. The highest BCUT2D eigenvalue weighted by molar-refractivity contribution is 5.67. The highest BCUT2D eigenvalue weighted by atomic mass is 17.1. The van der Waals surface area contributed by atoms with E-state index in [9.17, 15) is 9.90 Å². The molecule has 0 fully saturated rings. The molecule has 0 spiro atoms. The van der Waals surface area contributed by atoms with Gasteiger partial charge in [0.05, 0.1) is 21.1 Å². The molecule has 0 amide bonds. The van der Waals surface area contributed by atoms with Gasteiger partial charge in [-0.25, -0.2) is 5.26 Å². The zero-order chi connectivity index (χ0) is 10.7. The highest BCUT2D eigenvalue weighted by Gasteiger charge is 2.37. The first kappa shape index (κ1) is 12.3. The van der Waals surface area contributed by atoms with Crippen molar-refractivity contribution in [2.45, 2.75) is 12.2 Å². The Balaban J connectivity index is 4.36. The van der Waals surface area contributed by atoms with Crippen LogP contribution < -0.4 is 0 Å². The molecule has 0 aromatic rings. The van der Waals surface area contributed by atoms with Crippen molar-refractivity contribution in [1.29, 1.82) is 0 Å². The van der Waals surface area contributed by atoms with Crippen LogP contribution in [0.5, 0.6) is 0 Å². The summed E-state index contributed by atoms with van der Waals surface area (Å²) < 4.78 is 0.282. The Kier molecular flexibility index (Phi) is 3.80. The van der Waals surface area contributed by atoms with E-state index < -0.39 is 18.2 Å². The van der Waals surface area contributed by atoms with Crippen LogP contribution in [0.15, 0.2) is 0 Å². The summed E-state index contributed by atoms with van der Waals surface area (Å²) in [7, 11) is 5.23. The lowest BCUT2D eigenvalue weighted by Crippen LogP contribution is -2.51. The zero-order valence-electron chi connectivity index (χ0n) is 8.02.